The summed E-state index contributed by atoms with van der Waals surface area (Å²) in [4.78, 5) is 4.71. The monoisotopic (exact) mass is 582 g/mol. The number of rotatable bonds is 8. The largest absolute Gasteiger partial charge is 0.311 e. The molecular formula is C43H38N2. The topological polar surface area (TPSA) is 6.48 Å². The van der Waals surface area contributed by atoms with Crippen LogP contribution in [0.15, 0.2) is 170 Å². The van der Waals surface area contributed by atoms with Crippen molar-refractivity contribution in [1.82, 2.24) is 0 Å². The van der Waals surface area contributed by atoms with Gasteiger partial charge in [0.15, 0.2) is 0 Å². The standard InChI is InChI=1S/C43H38N2/c1-5-13-37(14-6-1)44(38-15-7-2-8-16-38)41-27-23-34(24-28-41)43(32-33-21-22-36(43)31-33)35-25-29-42(30-26-35)45(39-17-9-3-10-18-39)40-19-11-4-12-20-40/h1-20,23-30,33,36H,21-22,31-32H2. The number of fused-ring (bicyclic) bond motifs is 2. The van der Waals surface area contributed by atoms with Gasteiger partial charge in [-0.3, -0.25) is 0 Å². The zero-order valence-electron chi connectivity index (χ0n) is 25.5. The predicted molar refractivity (Wildman–Crippen MR) is 188 cm³/mol. The van der Waals surface area contributed by atoms with E-state index in [1.807, 2.05) is 0 Å². The number of anilines is 6. The highest BCUT2D eigenvalue weighted by molar-refractivity contribution is 5.78. The van der Waals surface area contributed by atoms with Gasteiger partial charge in [0.05, 0.1) is 0 Å². The SMILES string of the molecule is c1ccc(N(c2ccccc2)c2ccc(C3(c4ccc(N(c5ccccc5)c5ccccc5)cc4)CC4CCC3C4)cc2)cc1. The molecule has 6 aromatic carbocycles. The molecule has 0 spiro atoms. The van der Waals surface area contributed by atoms with Crippen LogP contribution in [0.5, 0.6) is 0 Å². The van der Waals surface area contributed by atoms with Gasteiger partial charge in [0.2, 0.25) is 0 Å². The van der Waals surface area contributed by atoms with Crippen LogP contribution in [-0.4, -0.2) is 0 Å². The predicted octanol–water partition coefficient (Wildman–Crippen LogP) is 11.7. The molecule has 6 aromatic rings. The van der Waals surface area contributed by atoms with E-state index in [1.54, 1.807) is 0 Å². The number of benzene rings is 6. The van der Waals surface area contributed by atoms with Crippen LogP contribution in [0.2, 0.25) is 0 Å². The fourth-order valence-electron chi connectivity index (χ4n) is 8.22. The van der Waals surface area contributed by atoms with Crippen LogP contribution in [0.25, 0.3) is 0 Å². The van der Waals surface area contributed by atoms with Gasteiger partial charge in [-0.2, -0.15) is 0 Å². The van der Waals surface area contributed by atoms with E-state index < -0.39 is 0 Å². The fourth-order valence-corrected chi connectivity index (χ4v) is 8.22. The molecule has 0 aliphatic heterocycles. The average Bonchev–Trinajstić information content (AvgIpc) is 3.74. The smallest absolute Gasteiger partial charge is 0.0461 e. The molecule has 2 nitrogen and oxygen atoms in total. The highest BCUT2D eigenvalue weighted by Crippen LogP contribution is 2.60. The number of hydrogen-bond acceptors (Lipinski definition) is 2. The third-order valence-corrected chi connectivity index (χ3v) is 10.2. The van der Waals surface area contributed by atoms with E-state index in [0.29, 0.717) is 5.92 Å². The molecule has 0 saturated heterocycles. The molecule has 2 fully saturated rings. The molecule has 2 heteroatoms. The summed E-state index contributed by atoms with van der Waals surface area (Å²) in [6.45, 7) is 0. The number of para-hydroxylation sites is 4. The van der Waals surface area contributed by atoms with Gasteiger partial charge in [-0.05, 0) is 115 Å². The summed E-state index contributed by atoms with van der Waals surface area (Å²) in [6, 6.07) is 61.8. The number of hydrogen-bond donors (Lipinski definition) is 0. The summed E-state index contributed by atoms with van der Waals surface area (Å²) >= 11 is 0. The van der Waals surface area contributed by atoms with Crippen molar-refractivity contribution in [2.45, 2.75) is 31.1 Å². The van der Waals surface area contributed by atoms with E-state index in [-0.39, 0.29) is 5.41 Å². The summed E-state index contributed by atoms with van der Waals surface area (Å²) in [5.41, 5.74) is 10.0. The lowest BCUT2D eigenvalue weighted by Crippen LogP contribution is -2.34. The van der Waals surface area contributed by atoms with Crippen molar-refractivity contribution in [3.63, 3.8) is 0 Å². The molecule has 0 radical (unpaired) electrons. The molecule has 220 valence electrons. The molecule has 2 aliphatic rings. The minimum atomic E-state index is 0.0502. The van der Waals surface area contributed by atoms with Crippen LogP contribution in [0, 0.1) is 11.8 Å². The van der Waals surface area contributed by atoms with Crippen molar-refractivity contribution in [3.8, 4) is 0 Å². The van der Waals surface area contributed by atoms with Crippen LogP contribution >= 0.6 is 0 Å². The second-order valence-electron chi connectivity index (χ2n) is 12.7. The summed E-state index contributed by atoms with van der Waals surface area (Å²) in [7, 11) is 0. The highest BCUT2D eigenvalue weighted by atomic mass is 15.1. The first-order valence-corrected chi connectivity index (χ1v) is 16.3. The zero-order chi connectivity index (χ0) is 30.1. The van der Waals surface area contributed by atoms with Gasteiger partial charge in [0, 0.05) is 39.5 Å². The van der Waals surface area contributed by atoms with E-state index in [2.05, 4.69) is 180 Å². The molecular weight excluding hydrogens is 544 g/mol. The first-order chi connectivity index (χ1) is 22.3. The molecule has 2 saturated carbocycles. The molecule has 0 N–H and O–H groups in total. The Kier molecular flexibility index (Phi) is 7.19. The Labute approximate surface area is 267 Å². The fraction of sp³-hybridized carbons (Fsp3) is 0.163. The molecule has 0 amide bonds. The van der Waals surface area contributed by atoms with Crippen molar-refractivity contribution in [1.29, 1.82) is 0 Å². The molecule has 45 heavy (non-hydrogen) atoms. The van der Waals surface area contributed by atoms with E-state index in [9.17, 15) is 0 Å². The lowest BCUT2D eigenvalue weighted by atomic mass is 9.64. The second-order valence-corrected chi connectivity index (χ2v) is 12.7. The minimum absolute atomic E-state index is 0.0502. The first kappa shape index (κ1) is 27.5. The Morgan fingerprint density at radius 3 is 1.00 bits per heavy atom. The van der Waals surface area contributed by atoms with E-state index in [0.717, 1.165) is 5.92 Å². The lowest BCUT2D eigenvalue weighted by molar-refractivity contribution is 0.320. The molecule has 2 bridgehead atoms. The summed E-state index contributed by atoms with van der Waals surface area (Å²) in [6.07, 6.45) is 5.25. The second kappa shape index (κ2) is 11.8. The van der Waals surface area contributed by atoms with Gasteiger partial charge in [0.25, 0.3) is 0 Å². The van der Waals surface area contributed by atoms with Crippen LogP contribution in [-0.2, 0) is 5.41 Å². The van der Waals surface area contributed by atoms with Crippen LogP contribution in [0.1, 0.15) is 36.8 Å². The van der Waals surface area contributed by atoms with Crippen molar-refractivity contribution in [3.05, 3.63) is 181 Å². The molecule has 2 atom stereocenters. The van der Waals surface area contributed by atoms with Crippen molar-refractivity contribution in [2.24, 2.45) is 11.8 Å². The quantitative estimate of drug-likeness (QED) is 0.176. The Balaban J connectivity index is 1.18. The van der Waals surface area contributed by atoms with E-state index >= 15 is 0 Å². The Bertz CT molecular complexity index is 1630. The lowest BCUT2D eigenvalue weighted by Gasteiger charge is -2.40. The van der Waals surface area contributed by atoms with Gasteiger partial charge in [-0.25, -0.2) is 0 Å². The Morgan fingerprint density at radius 2 is 0.711 bits per heavy atom. The van der Waals surface area contributed by atoms with Crippen LogP contribution in [0.4, 0.5) is 34.1 Å². The third kappa shape index (κ3) is 5.01. The van der Waals surface area contributed by atoms with Crippen LogP contribution < -0.4 is 9.80 Å². The van der Waals surface area contributed by atoms with Crippen molar-refractivity contribution < 1.29 is 0 Å². The summed E-state index contributed by atoms with van der Waals surface area (Å²) < 4.78 is 0. The summed E-state index contributed by atoms with van der Waals surface area (Å²) in [5, 5.41) is 0. The van der Waals surface area contributed by atoms with Gasteiger partial charge in [-0.1, -0.05) is 103 Å². The van der Waals surface area contributed by atoms with Gasteiger partial charge < -0.3 is 9.80 Å². The minimum Gasteiger partial charge on any atom is -0.311 e. The molecule has 2 unspecified atom stereocenters. The average molecular weight is 583 g/mol. The molecule has 0 heterocycles. The normalized spacial score (nSPS) is 18.0. The molecule has 0 aromatic heterocycles. The van der Waals surface area contributed by atoms with Crippen molar-refractivity contribution >= 4 is 34.1 Å². The molecule has 8 rings (SSSR count). The van der Waals surface area contributed by atoms with Gasteiger partial charge in [0.1, 0.15) is 0 Å². The maximum atomic E-state index is 2.42. The highest BCUT2D eigenvalue weighted by Gasteiger charge is 2.52. The summed E-state index contributed by atoms with van der Waals surface area (Å²) in [5.74, 6) is 1.49. The third-order valence-electron chi connectivity index (χ3n) is 10.2. The van der Waals surface area contributed by atoms with E-state index in [4.69, 9.17) is 0 Å². The van der Waals surface area contributed by atoms with Gasteiger partial charge in [-0.15, -0.1) is 0 Å². The van der Waals surface area contributed by atoms with Gasteiger partial charge >= 0.3 is 0 Å². The Morgan fingerprint density at radius 1 is 0.378 bits per heavy atom. The van der Waals surface area contributed by atoms with E-state index in [1.165, 1.54) is 70.9 Å². The zero-order valence-corrected chi connectivity index (χ0v) is 25.5. The van der Waals surface area contributed by atoms with Crippen LogP contribution in [0.3, 0.4) is 0 Å². The first-order valence-electron chi connectivity index (χ1n) is 16.3. The number of nitrogens with zero attached hydrogens (tertiary/aromatic N) is 2. The Hall–Kier alpha value is -5.08. The molecule has 2 aliphatic carbocycles. The maximum Gasteiger partial charge on any atom is 0.0461 e. The van der Waals surface area contributed by atoms with Crippen molar-refractivity contribution in [2.75, 3.05) is 9.80 Å². The maximum absolute atomic E-state index is 2.42.